The number of aromatic nitrogens is 5. The Morgan fingerprint density at radius 1 is 1.14 bits per heavy atom. The summed E-state index contributed by atoms with van der Waals surface area (Å²) >= 11 is 0. The van der Waals surface area contributed by atoms with Crippen LogP contribution < -0.4 is 10.9 Å². The van der Waals surface area contributed by atoms with E-state index in [1.54, 1.807) is 28.4 Å². The Labute approximate surface area is 167 Å². The van der Waals surface area contributed by atoms with Gasteiger partial charge in [0.15, 0.2) is 5.82 Å². The Kier molecular flexibility index (Phi) is 5.04. The largest absolute Gasteiger partial charge is 0.361 e. The van der Waals surface area contributed by atoms with Gasteiger partial charge in [0.2, 0.25) is 0 Å². The fourth-order valence-corrected chi connectivity index (χ4v) is 3.90. The molecule has 0 bridgehead atoms. The summed E-state index contributed by atoms with van der Waals surface area (Å²) in [5.74, 6) is 0.968. The van der Waals surface area contributed by atoms with Gasteiger partial charge in [-0.2, -0.15) is 5.10 Å². The predicted molar refractivity (Wildman–Crippen MR) is 105 cm³/mol. The fraction of sp³-hybridized carbons (Fsp3) is 0.450. The van der Waals surface area contributed by atoms with Gasteiger partial charge in [0, 0.05) is 17.8 Å². The van der Waals surface area contributed by atoms with Gasteiger partial charge in [0.25, 0.3) is 11.5 Å². The van der Waals surface area contributed by atoms with Crippen molar-refractivity contribution in [3.63, 3.8) is 0 Å². The molecule has 9 heteroatoms. The summed E-state index contributed by atoms with van der Waals surface area (Å²) < 4.78 is 8.27. The van der Waals surface area contributed by atoms with Gasteiger partial charge in [-0.05, 0) is 58.6 Å². The van der Waals surface area contributed by atoms with Crippen molar-refractivity contribution in [2.24, 2.45) is 0 Å². The topological polar surface area (TPSA) is 108 Å². The molecule has 0 spiro atoms. The van der Waals surface area contributed by atoms with Crippen molar-refractivity contribution in [3.8, 4) is 5.82 Å². The third-order valence-electron chi connectivity index (χ3n) is 5.41. The van der Waals surface area contributed by atoms with Gasteiger partial charge >= 0.3 is 0 Å². The van der Waals surface area contributed by atoms with E-state index in [-0.39, 0.29) is 23.6 Å². The van der Waals surface area contributed by atoms with Crippen molar-refractivity contribution in [1.82, 2.24) is 30.0 Å². The molecule has 0 saturated heterocycles. The molecule has 1 fully saturated rings. The third kappa shape index (κ3) is 3.85. The number of carbonyl (C=O) groups is 1. The van der Waals surface area contributed by atoms with Gasteiger partial charge in [0.05, 0.1) is 17.9 Å². The molecule has 3 heterocycles. The minimum atomic E-state index is -0.172. The maximum atomic E-state index is 12.4. The predicted octanol–water partition coefficient (Wildman–Crippen LogP) is 2.26. The molecule has 4 rings (SSSR count). The number of nitrogens with one attached hydrogen (secondary N) is 1. The van der Waals surface area contributed by atoms with E-state index >= 15 is 0 Å². The van der Waals surface area contributed by atoms with Gasteiger partial charge in [0.1, 0.15) is 11.3 Å². The van der Waals surface area contributed by atoms with Crippen LogP contribution in [-0.4, -0.2) is 36.7 Å². The van der Waals surface area contributed by atoms with Crippen molar-refractivity contribution in [3.05, 3.63) is 57.5 Å². The molecule has 0 unspecified atom stereocenters. The second kappa shape index (κ2) is 7.65. The van der Waals surface area contributed by atoms with Crippen LogP contribution in [0.3, 0.4) is 0 Å². The average Bonchev–Trinajstić information content (AvgIpc) is 3.27. The normalized spacial score (nSPS) is 19.3. The minimum absolute atomic E-state index is 0.00453. The highest BCUT2D eigenvalue weighted by atomic mass is 16.5. The van der Waals surface area contributed by atoms with Crippen LogP contribution >= 0.6 is 0 Å². The highest BCUT2D eigenvalue weighted by Gasteiger charge is 2.26. The van der Waals surface area contributed by atoms with Crippen LogP contribution in [0.4, 0.5) is 0 Å². The Hall–Kier alpha value is -3.23. The van der Waals surface area contributed by atoms with E-state index in [9.17, 15) is 9.59 Å². The second-order valence-electron chi connectivity index (χ2n) is 7.59. The fourth-order valence-electron chi connectivity index (χ4n) is 3.90. The van der Waals surface area contributed by atoms with Gasteiger partial charge in [-0.15, -0.1) is 5.10 Å². The Bertz CT molecular complexity index is 1090. The standard InChI is InChI=1S/C20H24N6O3/c1-12-10-13(2)25(23-12)18-8-9-19(27)26(24-18)16-6-4-15(5-7-16)22-20(28)17-11-21-29-14(17)3/h8-11,15-16H,4-7H2,1-3H3,(H,22,28). The second-order valence-corrected chi connectivity index (χ2v) is 7.59. The lowest BCUT2D eigenvalue weighted by molar-refractivity contribution is 0.0919. The summed E-state index contributed by atoms with van der Waals surface area (Å²) in [5.41, 5.74) is 2.21. The quantitative estimate of drug-likeness (QED) is 0.725. The zero-order valence-corrected chi connectivity index (χ0v) is 16.8. The average molecular weight is 396 g/mol. The third-order valence-corrected chi connectivity index (χ3v) is 5.41. The lowest BCUT2D eigenvalue weighted by Gasteiger charge is -2.29. The molecular weight excluding hydrogens is 372 g/mol. The van der Waals surface area contributed by atoms with Crippen molar-refractivity contribution in [1.29, 1.82) is 0 Å². The molecule has 0 aliphatic heterocycles. The zero-order valence-electron chi connectivity index (χ0n) is 16.8. The molecule has 1 N–H and O–H groups in total. The Balaban J connectivity index is 1.45. The van der Waals surface area contributed by atoms with Crippen LogP contribution in [0.5, 0.6) is 0 Å². The zero-order chi connectivity index (χ0) is 20.5. The van der Waals surface area contributed by atoms with Gasteiger partial charge in [-0.1, -0.05) is 5.16 Å². The number of nitrogens with zero attached hydrogens (tertiary/aromatic N) is 5. The molecule has 0 aromatic carbocycles. The van der Waals surface area contributed by atoms with E-state index < -0.39 is 0 Å². The molecule has 1 amide bonds. The highest BCUT2D eigenvalue weighted by Crippen LogP contribution is 2.27. The van der Waals surface area contributed by atoms with Crippen molar-refractivity contribution in [2.75, 3.05) is 0 Å². The Morgan fingerprint density at radius 3 is 2.52 bits per heavy atom. The lowest BCUT2D eigenvalue weighted by Crippen LogP contribution is -2.39. The molecule has 1 aliphatic rings. The van der Waals surface area contributed by atoms with E-state index in [1.165, 1.54) is 6.20 Å². The maximum Gasteiger partial charge on any atom is 0.267 e. The monoisotopic (exact) mass is 396 g/mol. The van der Waals surface area contributed by atoms with Crippen LogP contribution in [0.2, 0.25) is 0 Å². The summed E-state index contributed by atoms with van der Waals surface area (Å²) in [4.78, 5) is 24.8. The van der Waals surface area contributed by atoms with Crippen LogP contribution in [-0.2, 0) is 0 Å². The first-order chi connectivity index (χ1) is 13.9. The molecule has 3 aromatic rings. The van der Waals surface area contributed by atoms with Crippen LogP contribution in [0, 0.1) is 20.8 Å². The van der Waals surface area contributed by atoms with E-state index in [0.717, 1.165) is 37.1 Å². The summed E-state index contributed by atoms with van der Waals surface area (Å²) in [7, 11) is 0. The smallest absolute Gasteiger partial charge is 0.267 e. The van der Waals surface area contributed by atoms with Gasteiger partial charge in [-0.3, -0.25) is 9.59 Å². The van der Waals surface area contributed by atoms with Crippen molar-refractivity contribution >= 4 is 5.91 Å². The SMILES string of the molecule is Cc1cc(C)n(-c2ccc(=O)n(C3CCC(NC(=O)c4cnoc4C)CC3)n2)n1. The Morgan fingerprint density at radius 2 is 1.90 bits per heavy atom. The molecule has 9 nitrogen and oxygen atoms in total. The molecule has 0 radical (unpaired) electrons. The van der Waals surface area contributed by atoms with Crippen LogP contribution in [0.1, 0.15) is 59.2 Å². The van der Waals surface area contributed by atoms with Gasteiger partial charge < -0.3 is 9.84 Å². The number of amides is 1. The van der Waals surface area contributed by atoms with Crippen molar-refractivity contribution in [2.45, 2.75) is 58.5 Å². The number of rotatable bonds is 4. The van der Waals surface area contributed by atoms with Crippen LogP contribution in [0.15, 0.2) is 33.7 Å². The number of hydrogen-bond donors (Lipinski definition) is 1. The summed E-state index contributed by atoms with van der Waals surface area (Å²) in [6, 6.07) is 5.28. The molecular formula is C20H24N6O3. The number of hydrogen-bond acceptors (Lipinski definition) is 6. The van der Waals surface area contributed by atoms with E-state index in [0.29, 0.717) is 17.1 Å². The summed E-state index contributed by atoms with van der Waals surface area (Å²) in [6.07, 6.45) is 4.52. The first-order valence-corrected chi connectivity index (χ1v) is 9.78. The molecule has 3 aromatic heterocycles. The molecule has 1 aliphatic carbocycles. The molecule has 29 heavy (non-hydrogen) atoms. The first-order valence-electron chi connectivity index (χ1n) is 9.78. The highest BCUT2D eigenvalue weighted by molar-refractivity contribution is 5.94. The summed E-state index contributed by atoms with van der Waals surface area (Å²) in [6.45, 7) is 5.60. The molecule has 1 saturated carbocycles. The number of carbonyl (C=O) groups excluding carboxylic acids is 1. The maximum absolute atomic E-state index is 12.4. The summed E-state index contributed by atoms with van der Waals surface area (Å²) in [5, 5.41) is 15.7. The van der Waals surface area contributed by atoms with E-state index in [4.69, 9.17) is 4.52 Å². The lowest BCUT2D eigenvalue weighted by atomic mass is 9.91. The minimum Gasteiger partial charge on any atom is -0.361 e. The van der Waals surface area contributed by atoms with E-state index in [2.05, 4.69) is 20.7 Å². The van der Waals surface area contributed by atoms with Crippen LogP contribution in [0.25, 0.3) is 5.82 Å². The number of aryl methyl sites for hydroxylation is 3. The van der Waals surface area contributed by atoms with Crippen molar-refractivity contribution < 1.29 is 9.32 Å². The molecule has 0 atom stereocenters. The molecule has 152 valence electrons. The first kappa shape index (κ1) is 19.1. The van der Waals surface area contributed by atoms with Gasteiger partial charge in [-0.25, -0.2) is 9.36 Å². The van der Waals surface area contributed by atoms with E-state index in [1.807, 2.05) is 19.9 Å².